The van der Waals surface area contributed by atoms with Crippen LogP contribution in [0.5, 0.6) is 0 Å². The molecule has 1 aromatic carbocycles. The van der Waals surface area contributed by atoms with E-state index in [0.717, 1.165) is 29.8 Å². The molecular formula is C15H22BrClO. The zero-order valence-corrected chi connectivity index (χ0v) is 13.7. The van der Waals surface area contributed by atoms with E-state index in [1.165, 1.54) is 5.56 Å². The van der Waals surface area contributed by atoms with Gasteiger partial charge < -0.3 is 4.74 Å². The number of hydrogen-bond donors (Lipinski definition) is 0. The van der Waals surface area contributed by atoms with Gasteiger partial charge in [0.15, 0.2) is 0 Å². The van der Waals surface area contributed by atoms with Gasteiger partial charge in [0.2, 0.25) is 0 Å². The topological polar surface area (TPSA) is 9.23 Å². The number of hydrogen-bond acceptors (Lipinski definition) is 1. The Balaban J connectivity index is 2.40. The Morgan fingerprint density at radius 2 is 1.83 bits per heavy atom. The van der Waals surface area contributed by atoms with E-state index in [1.54, 1.807) is 0 Å². The lowest BCUT2D eigenvalue weighted by Crippen LogP contribution is -2.21. The summed E-state index contributed by atoms with van der Waals surface area (Å²) in [5.74, 6) is 0.605. The van der Waals surface area contributed by atoms with Gasteiger partial charge in [-0.2, -0.15) is 0 Å². The van der Waals surface area contributed by atoms with Crippen LogP contribution in [0.3, 0.4) is 0 Å². The van der Waals surface area contributed by atoms with Crippen LogP contribution in [0.1, 0.15) is 32.8 Å². The van der Waals surface area contributed by atoms with E-state index >= 15 is 0 Å². The Kier molecular flexibility index (Phi) is 6.68. The molecular weight excluding hydrogens is 312 g/mol. The largest absolute Gasteiger partial charge is 0.376 e. The summed E-state index contributed by atoms with van der Waals surface area (Å²) < 4.78 is 5.78. The zero-order valence-electron chi connectivity index (χ0n) is 11.4. The van der Waals surface area contributed by atoms with Crippen LogP contribution in [0, 0.1) is 5.92 Å². The Morgan fingerprint density at radius 1 is 1.22 bits per heavy atom. The van der Waals surface area contributed by atoms with Gasteiger partial charge in [-0.3, -0.25) is 0 Å². The summed E-state index contributed by atoms with van der Waals surface area (Å²) in [5, 5.41) is 1.80. The average molecular weight is 334 g/mol. The second-order valence-electron chi connectivity index (χ2n) is 5.60. The maximum Gasteiger partial charge on any atom is 0.0598 e. The number of rotatable bonds is 6. The lowest BCUT2D eigenvalue weighted by molar-refractivity contribution is -0.00821. The molecule has 0 fully saturated rings. The van der Waals surface area contributed by atoms with Gasteiger partial charge in [0, 0.05) is 17.0 Å². The summed E-state index contributed by atoms with van der Waals surface area (Å²) in [6.45, 7) is 7.09. The SMILES string of the molecule is CC(C)(C)OCCC(CBr)Cc1ccc(Cl)cc1. The van der Waals surface area contributed by atoms with E-state index in [1.807, 2.05) is 12.1 Å². The summed E-state index contributed by atoms with van der Waals surface area (Å²) in [5.41, 5.74) is 1.29. The third-order valence-electron chi connectivity index (χ3n) is 2.72. The number of ether oxygens (including phenoxy) is 1. The molecule has 0 amide bonds. The number of halogens is 2. The fourth-order valence-electron chi connectivity index (χ4n) is 1.72. The summed E-state index contributed by atoms with van der Waals surface area (Å²) in [6, 6.07) is 8.10. The molecule has 102 valence electrons. The van der Waals surface area contributed by atoms with Crippen molar-refractivity contribution < 1.29 is 4.74 Å². The molecule has 0 aliphatic heterocycles. The highest BCUT2D eigenvalue weighted by molar-refractivity contribution is 9.09. The van der Waals surface area contributed by atoms with E-state index in [2.05, 4.69) is 48.8 Å². The van der Waals surface area contributed by atoms with Crippen molar-refractivity contribution in [1.82, 2.24) is 0 Å². The molecule has 0 radical (unpaired) electrons. The first-order valence-electron chi connectivity index (χ1n) is 6.35. The molecule has 0 N–H and O–H groups in total. The Bertz CT molecular complexity index is 343. The number of alkyl halides is 1. The summed E-state index contributed by atoms with van der Waals surface area (Å²) in [4.78, 5) is 0. The molecule has 0 saturated carbocycles. The first-order valence-corrected chi connectivity index (χ1v) is 7.85. The highest BCUT2D eigenvalue weighted by atomic mass is 79.9. The van der Waals surface area contributed by atoms with Crippen LogP contribution in [0.25, 0.3) is 0 Å². The molecule has 0 heterocycles. The minimum atomic E-state index is -0.0445. The first-order chi connectivity index (χ1) is 8.40. The fourth-order valence-corrected chi connectivity index (χ4v) is 2.40. The molecule has 1 nitrogen and oxygen atoms in total. The van der Waals surface area contributed by atoms with Crippen molar-refractivity contribution in [2.45, 2.75) is 39.2 Å². The van der Waals surface area contributed by atoms with Crippen molar-refractivity contribution in [3.8, 4) is 0 Å². The smallest absolute Gasteiger partial charge is 0.0598 e. The highest BCUT2D eigenvalue weighted by Gasteiger charge is 2.13. The fraction of sp³-hybridized carbons (Fsp3) is 0.600. The average Bonchev–Trinajstić information content (AvgIpc) is 2.29. The standard InChI is InChI=1S/C15H22BrClO/c1-15(2,3)18-9-8-13(11-16)10-12-4-6-14(17)7-5-12/h4-7,13H,8-11H2,1-3H3. The van der Waals surface area contributed by atoms with Crippen LogP contribution in [-0.4, -0.2) is 17.5 Å². The van der Waals surface area contributed by atoms with Crippen LogP contribution >= 0.6 is 27.5 Å². The molecule has 0 saturated heterocycles. The van der Waals surface area contributed by atoms with Crippen molar-refractivity contribution in [2.75, 3.05) is 11.9 Å². The van der Waals surface area contributed by atoms with Gasteiger partial charge >= 0.3 is 0 Å². The molecule has 0 aliphatic carbocycles. The maximum atomic E-state index is 5.89. The van der Waals surface area contributed by atoms with Gasteiger partial charge in [-0.25, -0.2) is 0 Å². The van der Waals surface area contributed by atoms with Crippen molar-refractivity contribution in [1.29, 1.82) is 0 Å². The van der Waals surface area contributed by atoms with Crippen LogP contribution in [0.15, 0.2) is 24.3 Å². The second kappa shape index (κ2) is 7.52. The van der Waals surface area contributed by atoms with Crippen molar-refractivity contribution >= 4 is 27.5 Å². The van der Waals surface area contributed by atoms with Crippen LogP contribution in [0.4, 0.5) is 0 Å². The van der Waals surface area contributed by atoms with Crippen LogP contribution < -0.4 is 0 Å². The van der Waals surface area contributed by atoms with Gasteiger partial charge in [0.05, 0.1) is 5.60 Å². The lowest BCUT2D eigenvalue weighted by Gasteiger charge is -2.21. The molecule has 0 aromatic heterocycles. The highest BCUT2D eigenvalue weighted by Crippen LogP contribution is 2.18. The number of benzene rings is 1. The van der Waals surface area contributed by atoms with Gasteiger partial charge in [0.25, 0.3) is 0 Å². The Labute approximate surface area is 124 Å². The third-order valence-corrected chi connectivity index (χ3v) is 3.88. The molecule has 0 bridgehead atoms. The van der Waals surface area contributed by atoms with Crippen molar-refractivity contribution in [2.24, 2.45) is 5.92 Å². The van der Waals surface area contributed by atoms with E-state index < -0.39 is 0 Å². The predicted octanol–water partition coefficient (Wildman–Crippen LogP) is 5.10. The Morgan fingerprint density at radius 3 is 2.33 bits per heavy atom. The van der Waals surface area contributed by atoms with E-state index in [-0.39, 0.29) is 5.60 Å². The Hall–Kier alpha value is -0.0500. The van der Waals surface area contributed by atoms with Gasteiger partial charge in [-0.1, -0.05) is 39.7 Å². The first kappa shape index (κ1) is 16.0. The van der Waals surface area contributed by atoms with E-state index in [9.17, 15) is 0 Å². The third kappa shape index (κ3) is 6.77. The van der Waals surface area contributed by atoms with E-state index in [0.29, 0.717) is 5.92 Å². The normalized spacial score (nSPS) is 13.6. The second-order valence-corrected chi connectivity index (χ2v) is 6.68. The molecule has 1 atom stereocenters. The molecule has 1 aromatic rings. The molecule has 18 heavy (non-hydrogen) atoms. The van der Waals surface area contributed by atoms with Crippen LogP contribution in [0.2, 0.25) is 5.02 Å². The molecule has 1 unspecified atom stereocenters. The van der Waals surface area contributed by atoms with Gasteiger partial charge in [-0.05, 0) is 57.2 Å². The predicted molar refractivity (Wildman–Crippen MR) is 82.8 cm³/mol. The molecule has 0 spiro atoms. The quantitative estimate of drug-likeness (QED) is 0.658. The zero-order chi connectivity index (χ0) is 13.6. The summed E-state index contributed by atoms with van der Waals surface area (Å²) >= 11 is 9.47. The van der Waals surface area contributed by atoms with Crippen molar-refractivity contribution in [3.63, 3.8) is 0 Å². The molecule has 3 heteroatoms. The summed E-state index contributed by atoms with van der Waals surface area (Å²) in [7, 11) is 0. The lowest BCUT2D eigenvalue weighted by atomic mass is 9.98. The monoisotopic (exact) mass is 332 g/mol. The maximum absolute atomic E-state index is 5.89. The molecule has 1 rings (SSSR count). The van der Waals surface area contributed by atoms with Gasteiger partial charge in [0.1, 0.15) is 0 Å². The van der Waals surface area contributed by atoms with Gasteiger partial charge in [-0.15, -0.1) is 0 Å². The minimum Gasteiger partial charge on any atom is -0.376 e. The van der Waals surface area contributed by atoms with E-state index in [4.69, 9.17) is 16.3 Å². The van der Waals surface area contributed by atoms with Crippen LogP contribution in [-0.2, 0) is 11.2 Å². The summed E-state index contributed by atoms with van der Waals surface area (Å²) in [6.07, 6.45) is 2.14. The molecule has 0 aliphatic rings. The van der Waals surface area contributed by atoms with Crippen molar-refractivity contribution in [3.05, 3.63) is 34.9 Å². The minimum absolute atomic E-state index is 0.0445.